The molecular formula is C18H23N5O3S. The monoisotopic (exact) mass is 389 g/mol. The number of amides is 1. The Hall–Kier alpha value is -2.73. The predicted molar refractivity (Wildman–Crippen MR) is 104 cm³/mol. The Balaban J connectivity index is 1.94. The summed E-state index contributed by atoms with van der Waals surface area (Å²) in [6.45, 7) is 2.73. The van der Waals surface area contributed by atoms with Crippen molar-refractivity contribution in [3.05, 3.63) is 36.2 Å². The molecule has 0 saturated carbocycles. The van der Waals surface area contributed by atoms with Crippen LogP contribution in [0.5, 0.6) is 0 Å². The molecule has 0 radical (unpaired) electrons. The number of thioether (sulfide) groups is 1. The van der Waals surface area contributed by atoms with E-state index in [9.17, 15) is 20.0 Å². The number of hydrogen-bond donors (Lipinski definition) is 2. The van der Waals surface area contributed by atoms with E-state index in [1.807, 2.05) is 35.4 Å². The second-order valence-corrected chi connectivity index (χ2v) is 7.00. The minimum absolute atomic E-state index is 0.0864. The lowest BCUT2D eigenvalue weighted by molar-refractivity contribution is -0.141. The van der Waals surface area contributed by atoms with Gasteiger partial charge < -0.3 is 20.2 Å². The summed E-state index contributed by atoms with van der Waals surface area (Å²) in [7, 11) is 0. The fourth-order valence-electron chi connectivity index (χ4n) is 2.67. The quantitative estimate of drug-likeness (QED) is 0.499. The van der Waals surface area contributed by atoms with Crippen molar-refractivity contribution >= 4 is 29.5 Å². The van der Waals surface area contributed by atoms with Crippen molar-refractivity contribution in [1.82, 2.24) is 15.2 Å². The molecule has 1 aromatic rings. The summed E-state index contributed by atoms with van der Waals surface area (Å²) in [5, 5.41) is 21.0. The normalized spacial score (nSPS) is 15.8. The number of hydrogen-bond acceptors (Lipinski definition) is 7. The largest absolute Gasteiger partial charge is 0.480 e. The first-order chi connectivity index (χ1) is 13.0. The van der Waals surface area contributed by atoms with Gasteiger partial charge in [0, 0.05) is 38.6 Å². The Morgan fingerprint density at radius 2 is 2.15 bits per heavy atom. The van der Waals surface area contributed by atoms with Crippen molar-refractivity contribution in [2.75, 3.05) is 43.1 Å². The molecule has 1 amide bonds. The van der Waals surface area contributed by atoms with E-state index >= 15 is 0 Å². The van der Waals surface area contributed by atoms with Crippen LogP contribution in [0.1, 0.15) is 6.42 Å². The first-order valence-corrected chi connectivity index (χ1v) is 9.99. The fourth-order valence-corrected chi connectivity index (χ4v) is 3.14. The molecule has 2 N–H and O–H groups in total. The van der Waals surface area contributed by atoms with E-state index in [2.05, 4.69) is 15.2 Å². The highest BCUT2D eigenvalue weighted by atomic mass is 32.2. The van der Waals surface area contributed by atoms with E-state index in [0.29, 0.717) is 25.3 Å². The third kappa shape index (κ3) is 6.18. The SMILES string of the molecule is CSCCC(NC(=O)/C(C#N)=C\N1CCN(c2ccccn2)CC1)C(=O)O. The number of nitrogens with zero attached hydrogens (tertiary/aromatic N) is 4. The molecule has 1 saturated heterocycles. The van der Waals surface area contributed by atoms with Crippen LogP contribution in [0.3, 0.4) is 0 Å². The zero-order valence-corrected chi connectivity index (χ0v) is 16.0. The van der Waals surface area contributed by atoms with Crippen molar-refractivity contribution < 1.29 is 14.7 Å². The van der Waals surface area contributed by atoms with Gasteiger partial charge in [-0.2, -0.15) is 17.0 Å². The first kappa shape index (κ1) is 20.6. The number of anilines is 1. The molecule has 1 aromatic heterocycles. The number of carboxylic acid groups (broad SMARTS) is 1. The number of piperazine rings is 1. The smallest absolute Gasteiger partial charge is 0.326 e. The van der Waals surface area contributed by atoms with Gasteiger partial charge in [-0.15, -0.1) is 0 Å². The number of carboxylic acids is 1. The summed E-state index contributed by atoms with van der Waals surface area (Å²) < 4.78 is 0. The Labute approximate surface area is 162 Å². The van der Waals surface area contributed by atoms with Crippen molar-refractivity contribution in [3.63, 3.8) is 0 Å². The average Bonchev–Trinajstić information content (AvgIpc) is 2.70. The van der Waals surface area contributed by atoms with E-state index in [1.165, 1.54) is 18.0 Å². The Morgan fingerprint density at radius 3 is 2.70 bits per heavy atom. The minimum Gasteiger partial charge on any atom is -0.480 e. The van der Waals surface area contributed by atoms with Gasteiger partial charge in [0.25, 0.3) is 5.91 Å². The molecular weight excluding hydrogens is 366 g/mol. The van der Waals surface area contributed by atoms with Gasteiger partial charge in [-0.3, -0.25) is 4.79 Å². The number of pyridine rings is 1. The molecule has 0 spiro atoms. The highest BCUT2D eigenvalue weighted by molar-refractivity contribution is 7.98. The number of nitriles is 1. The lowest BCUT2D eigenvalue weighted by Gasteiger charge is -2.34. The van der Waals surface area contributed by atoms with Crippen LogP contribution in [0.15, 0.2) is 36.2 Å². The molecule has 1 unspecified atom stereocenters. The van der Waals surface area contributed by atoms with Gasteiger partial charge in [0.05, 0.1) is 0 Å². The van der Waals surface area contributed by atoms with Crippen molar-refractivity contribution in [1.29, 1.82) is 5.26 Å². The maximum atomic E-state index is 12.3. The maximum absolute atomic E-state index is 12.3. The number of aliphatic carboxylic acids is 1. The first-order valence-electron chi connectivity index (χ1n) is 8.59. The molecule has 1 atom stereocenters. The molecule has 0 aromatic carbocycles. The van der Waals surface area contributed by atoms with Crippen LogP contribution in [0, 0.1) is 11.3 Å². The van der Waals surface area contributed by atoms with Crippen LogP contribution in [-0.4, -0.2) is 71.1 Å². The summed E-state index contributed by atoms with van der Waals surface area (Å²) in [5.74, 6) is -0.243. The molecule has 1 aliphatic heterocycles. The molecule has 1 fully saturated rings. The maximum Gasteiger partial charge on any atom is 0.326 e. The van der Waals surface area contributed by atoms with E-state index in [-0.39, 0.29) is 5.57 Å². The lowest BCUT2D eigenvalue weighted by atomic mass is 10.2. The van der Waals surface area contributed by atoms with Crippen LogP contribution in [0.25, 0.3) is 0 Å². The Kier molecular flexibility index (Phi) is 7.95. The molecule has 2 heterocycles. The van der Waals surface area contributed by atoms with Crippen LogP contribution in [0.4, 0.5) is 5.82 Å². The fraction of sp³-hybridized carbons (Fsp3) is 0.444. The van der Waals surface area contributed by atoms with Gasteiger partial charge in [-0.25, -0.2) is 9.78 Å². The van der Waals surface area contributed by atoms with Crippen molar-refractivity contribution in [2.45, 2.75) is 12.5 Å². The second-order valence-electron chi connectivity index (χ2n) is 6.01. The summed E-state index contributed by atoms with van der Waals surface area (Å²) in [6, 6.07) is 6.62. The molecule has 8 nitrogen and oxygen atoms in total. The summed E-state index contributed by atoms with van der Waals surface area (Å²) in [4.78, 5) is 31.9. The van der Waals surface area contributed by atoms with Gasteiger partial charge in [-0.1, -0.05) is 6.07 Å². The summed E-state index contributed by atoms with van der Waals surface area (Å²) in [5.41, 5.74) is -0.0864. The van der Waals surface area contributed by atoms with Gasteiger partial charge in [0.2, 0.25) is 0 Å². The molecule has 0 aliphatic carbocycles. The van der Waals surface area contributed by atoms with Crippen molar-refractivity contribution in [2.24, 2.45) is 0 Å². The highest BCUT2D eigenvalue weighted by Gasteiger charge is 2.23. The van der Waals surface area contributed by atoms with Gasteiger partial charge in [0.15, 0.2) is 0 Å². The molecule has 2 rings (SSSR count). The zero-order chi connectivity index (χ0) is 19.6. The van der Waals surface area contributed by atoms with Crippen LogP contribution < -0.4 is 10.2 Å². The molecule has 1 aliphatic rings. The third-order valence-corrected chi connectivity index (χ3v) is 4.82. The number of carbonyl (C=O) groups excluding carboxylic acids is 1. The van der Waals surface area contributed by atoms with E-state index < -0.39 is 17.9 Å². The highest BCUT2D eigenvalue weighted by Crippen LogP contribution is 2.13. The zero-order valence-electron chi connectivity index (χ0n) is 15.2. The summed E-state index contributed by atoms with van der Waals surface area (Å²) in [6.07, 6.45) is 5.43. The van der Waals surface area contributed by atoms with Gasteiger partial charge in [-0.05, 0) is 30.6 Å². The number of rotatable bonds is 8. The van der Waals surface area contributed by atoms with Gasteiger partial charge in [0.1, 0.15) is 23.5 Å². The number of aromatic nitrogens is 1. The lowest BCUT2D eigenvalue weighted by Crippen LogP contribution is -2.45. The van der Waals surface area contributed by atoms with E-state index in [0.717, 1.165) is 18.9 Å². The van der Waals surface area contributed by atoms with Crippen LogP contribution >= 0.6 is 11.8 Å². The van der Waals surface area contributed by atoms with Crippen LogP contribution in [-0.2, 0) is 9.59 Å². The second kappa shape index (κ2) is 10.4. The number of carbonyl (C=O) groups is 2. The van der Waals surface area contributed by atoms with Gasteiger partial charge >= 0.3 is 5.97 Å². The topological polar surface area (TPSA) is 110 Å². The van der Waals surface area contributed by atoms with Crippen molar-refractivity contribution in [3.8, 4) is 6.07 Å². The van der Waals surface area contributed by atoms with E-state index in [1.54, 1.807) is 6.20 Å². The molecule has 144 valence electrons. The predicted octanol–water partition coefficient (Wildman–Crippen LogP) is 0.934. The Bertz CT molecular complexity index is 711. The third-order valence-electron chi connectivity index (χ3n) is 4.18. The molecule has 27 heavy (non-hydrogen) atoms. The summed E-state index contributed by atoms with van der Waals surface area (Å²) >= 11 is 1.50. The molecule has 0 bridgehead atoms. The van der Waals surface area contributed by atoms with E-state index in [4.69, 9.17) is 0 Å². The number of nitrogens with one attached hydrogen (secondary N) is 1. The molecule has 9 heteroatoms. The Morgan fingerprint density at radius 1 is 1.41 bits per heavy atom. The standard InChI is InChI=1S/C18H23N5O3S/c1-27-11-5-15(18(25)26)21-17(24)14(12-19)13-22-7-9-23(10-8-22)16-4-2-3-6-20-16/h2-4,6,13,15H,5,7-11H2,1H3,(H,21,24)(H,25,26)/b14-13-. The minimum atomic E-state index is -1.10. The average molecular weight is 389 g/mol. The van der Waals surface area contributed by atoms with Crippen LogP contribution in [0.2, 0.25) is 0 Å².